The van der Waals surface area contributed by atoms with Gasteiger partial charge in [0.05, 0.1) is 16.3 Å². The van der Waals surface area contributed by atoms with Gasteiger partial charge in [0, 0.05) is 14.3 Å². The van der Waals surface area contributed by atoms with Crippen LogP contribution in [-0.2, 0) is 0 Å². The summed E-state index contributed by atoms with van der Waals surface area (Å²) in [5, 5.41) is 6.39. The summed E-state index contributed by atoms with van der Waals surface area (Å²) in [6.07, 6.45) is 1.69. The van der Waals surface area contributed by atoms with Gasteiger partial charge in [-0.3, -0.25) is 9.59 Å². The van der Waals surface area contributed by atoms with Gasteiger partial charge in [0.1, 0.15) is 0 Å². The predicted octanol–water partition coefficient (Wildman–Crippen LogP) is 6.95. The molecule has 8 heteroatoms. The Hall–Kier alpha value is -1.11. The second kappa shape index (κ2) is 11.4. The van der Waals surface area contributed by atoms with E-state index in [2.05, 4.69) is 36.7 Å². The van der Waals surface area contributed by atoms with Crippen molar-refractivity contribution in [3.63, 3.8) is 0 Å². The van der Waals surface area contributed by atoms with E-state index < -0.39 is 0 Å². The Balaban J connectivity index is 0.000000173. The molecule has 0 atom stereocenters. The minimum absolute atomic E-state index is 0.733. The lowest BCUT2D eigenvalue weighted by molar-refractivity contribution is 0.111. The van der Waals surface area contributed by atoms with Crippen LogP contribution >= 0.6 is 65.9 Å². The van der Waals surface area contributed by atoms with Crippen LogP contribution in [0.25, 0.3) is 4.85 Å². The molecule has 0 unspecified atom stereocenters. The molecule has 0 aliphatic heterocycles. The molecule has 0 radical (unpaired) electrons. The first-order valence-electron chi connectivity index (χ1n) is 5.88. The van der Waals surface area contributed by atoms with Gasteiger partial charge in [-0.05, 0) is 44.9 Å². The molecule has 0 saturated carbocycles. The van der Waals surface area contributed by atoms with Gasteiger partial charge in [-0.15, -0.1) is 22.7 Å². The molecule has 3 rings (SSSR count). The molecule has 0 aromatic carbocycles. The third kappa shape index (κ3) is 8.34. The fraction of sp³-hybridized carbons (Fsp3) is 0. The highest BCUT2D eigenvalue weighted by atomic mass is 79.9. The van der Waals surface area contributed by atoms with Crippen LogP contribution in [0.1, 0.15) is 19.3 Å². The minimum atomic E-state index is 0.733. The number of hydrogen-bond acceptors (Lipinski definition) is 5. The van der Waals surface area contributed by atoms with Crippen LogP contribution in [0.5, 0.6) is 0 Å². The zero-order chi connectivity index (χ0) is 17.1. The summed E-state index contributed by atoms with van der Waals surface area (Å²) >= 11 is 10.8. The van der Waals surface area contributed by atoms with Gasteiger partial charge < -0.3 is 0 Å². The average molecular weight is 491 g/mol. The highest BCUT2D eigenvalue weighted by molar-refractivity contribution is 9.10. The van der Waals surface area contributed by atoms with Gasteiger partial charge >= 0.3 is 0 Å². The standard InChI is InChI=1S/C5H2BrNS.C5H3BrOS.C5H4OS/c1-7-5-2-4(6)3-8-5;6-4-1-5(2-7)8-3-4;6-4-5-2-1-3-7-5/h2-3H;1-3H;1-4H. The number of rotatable bonds is 2. The lowest BCUT2D eigenvalue weighted by Gasteiger charge is -1.68. The number of nitrogens with zero attached hydrogens (tertiary/aromatic N) is 1. The number of carbonyl (C=O) groups is 2. The predicted molar refractivity (Wildman–Crippen MR) is 105 cm³/mol. The molecule has 0 saturated heterocycles. The lowest BCUT2D eigenvalue weighted by Crippen LogP contribution is -1.62. The van der Waals surface area contributed by atoms with Crippen LogP contribution in [0, 0.1) is 6.57 Å². The average Bonchev–Trinajstić information content (AvgIpc) is 3.29. The van der Waals surface area contributed by atoms with Crippen LogP contribution < -0.4 is 0 Å². The number of halogens is 2. The Morgan fingerprint density at radius 2 is 1.61 bits per heavy atom. The summed E-state index contributed by atoms with van der Waals surface area (Å²) in [7, 11) is 0. The van der Waals surface area contributed by atoms with Gasteiger partial charge in [-0.1, -0.05) is 22.0 Å². The fourth-order valence-corrected chi connectivity index (χ4v) is 4.08. The second-order valence-electron chi connectivity index (χ2n) is 3.63. The van der Waals surface area contributed by atoms with Gasteiger partial charge in [0.2, 0.25) is 5.00 Å². The van der Waals surface area contributed by atoms with Crippen molar-refractivity contribution < 1.29 is 9.59 Å². The van der Waals surface area contributed by atoms with Crippen LogP contribution in [0.3, 0.4) is 0 Å². The van der Waals surface area contributed by atoms with E-state index >= 15 is 0 Å². The quantitative estimate of drug-likeness (QED) is 0.288. The molecule has 3 aromatic rings. The summed E-state index contributed by atoms with van der Waals surface area (Å²) in [5.41, 5.74) is 0. The molecule has 0 aliphatic rings. The minimum Gasteiger partial charge on any atom is -0.297 e. The first kappa shape index (κ1) is 19.9. The van der Waals surface area contributed by atoms with E-state index in [-0.39, 0.29) is 0 Å². The van der Waals surface area contributed by atoms with Gasteiger partial charge in [0.15, 0.2) is 12.6 Å². The molecule has 0 aliphatic carbocycles. The van der Waals surface area contributed by atoms with Crippen molar-refractivity contribution in [1.29, 1.82) is 0 Å². The van der Waals surface area contributed by atoms with Crippen molar-refractivity contribution in [1.82, 2.24) is 0 Å². The first-order valence-corrected chi connectivity index (χ1v) is 10.1. The molecular weight excluding hydrogens is 482 g/mol. The molecule has 3 aromatic heterocycles. The third-order valence-corrected chi connectivity index (χ3v) is 6.03. The summed E-state index contributed by atoms with van der Waals surface area (Å²) < 4.78 is 1.97. The first-order chi connectivity index (χ1) is 11.1. The zero-order valence-electron chi connectivity index (χ0n) is 11.4. The summed E-state index contributed by atoms with van der Waals surface area (Å²) in [6, 6.07) is 7.24. The molecular formula is C15H9Br2NO2S3. The lowest BCUT2D eigenvalue weighted by atomic mass is 10.5. The fourth-order valence-electron chi connectivity index (χ4n) is 1.11. The van der Waals surface area contributed by atoms with Crippen molar-refractivity contribution >= 4 is 83.4 Å². The molecule has 0 fully saturated rings. The van der Waals surface area contributed by atoms with Crippen molar-refractivity contribution in [2.45, 2.75) is 0 Å². The third-order valence-electron chi connectivity index (χ3n) is 2.03. The van der Waals surface area contributed by atoms with E-state index in [0.717, 1.165) is 36.3 Å². The van der Waals surface area contributed by atoms with Crippen molar-refractivity contribution in [3.8, 4) is 0 Å². The number of carbonyl (C=O) groups excluding carboxylic acids is 2. The number of hydrogen-bond donors (Lipinski definition) is 0. The Kier molecular flexibility index (Phi) is 9.91. The normalized spacial score (nSPS) is 8.74. The monoisotopic (exact) mass is 489 g/mol. The Morgan fingerprint density at radius 1 is 0.957 bits per heavy atom. The maximum absolute atomic E-state index is 10.0. The van der Waals surface area contributed by atoms with E-state index in [1.54, 1.807) is 18.2 Å². The Labute approximate surface area is 162 Å². The van der Waals surface area contributed by atoms with Gasteiger partial charge in [0.25, 0.3) is 0 Å². The SMILES string of the molecule is O=Cc1cc(Br)cs1.O=Cc1cccs1.[C-]#[N+]c1cc(Br)cs1. The largest absolute Gasteiger partial charge is 0.297 e. The molecule has 3 nitrogen and oxygen atoms in total. The molecule has 118 valence electrons. The molecule has 0 bridgehead atoms. The van der Waals surface area contributed by atoms with Crippen LogP contribution in [0.15, 0.2) is 49.4 Å². The van der Waals surface area contributed by atoms with Crippen LogP contribution in [0.2, 0.25) is 0 Å². The Morgan fingerprint density at radius 3 is 1.87 bits per heavy atom. The number of thiophene rings is 3. The topological polar surface area (TPSA) is 38.5 Å². The molecule has 23 heavy (non-hydrogen) atoms. The van der Waals surface area contributed by atoms with Crippen molar-refractivity contribution in [2.24, 2.45) is 0 Å². The van der Waals surface area contributed by atoms with Crippen LogP contribution in [-0.4, -0.2) is 12.6 Å². The van der Waals surface area contributed by atoms with E-state index in [4.69, 9.17) is 6.57 Å². The summed E-state index contributed by atoms with van der Waals surface area (Å²) in [5.74, 6) is 0. The van der Waals surface area contributed by atoms with Gasteiger partial charge in [-0.2, -0.15) is 11.3 Å². The van der Waals surface area contributed by atoms with E-state index in [0.29, 0.717) is 0 Å². The van der Waals surface area contributed by atoms with E-state index in [9.17, 15) is 9.59 Å². The second-order valence-corrected chi connectivity index (χ2v) is 8.28. The molecule has 0 spiro atoms. The van der Waals surface area contributed by atoms with Crippen molar-refractivity contribution in [2.75, 3.05) is 0 Å². The molecule has 3 heterocycles. The maximum atomic E-state index is 10.0. The highest BCUT2D eigenvalue weighted by Crippen LogP contribution is 2.26. The van der Waals surface area contributed by atoms with Gasteiger partial charge in [-0.25, -0.2) is 4.85 Å². The smallest absolute Gasteiger partial charge is 0.242 e. The van der Waals surface area contributed by atoms with Crippen LogP contribution in [0.4, 0.5) is 5.00 Å². The zero-order valence-corrected chi connectivity index (χ0v) is 17.1. The Bertz CT molecular complexity index is 773. The highest BCUT2D eigenvalue weighted by Gasteiger charge is 1.92. The van der Waals surface area contributed by atoms with Crippen molar-refractivity contribution in [3.05, 3.63) is 70.5 Å². The molecule has 0 amide bonds. The summed E-state index contributed by atoms with van der Waals surface area (Å²) in [4.78, 5) is 24.7. The summed E-state index contributed by atoms with van der Waals surface area (Å²) in [6.45, 7) is 6.57. The van der Waals surface area contributed by atoms with E-state index in [1.165, 1.54) is 34.0 Å². The maximum Gasteiger partial charge on any atom is 0.242 e. The number of aldehydes is 2. The molecule has 0 N–H and O–H groups in total. The van der Waals surface area contributed by atoms with E-state index in [1.807, 2.05) is 22.2 Å².